The molecule has 0 unspecified atom stereocenters. The molecule has 0 N–H and O–H groups in total. The number of carbonyl (C=O) groups excluding carboxylic acids is 1. The lowest BCUT2D eigenvalue weighted by atomic mass is 10.3. The Balaban J connectivity index is 3.04. The Morgan fingerprint density at radius 1 is 1.75 bits per heavy atom. The number of carbonyl (C=O) groups is 1. The molecule has 0 amide bonds. The van der Waals surface area contributed by atoms with Crippen LogP contribution in [0.15, 0.2) is 18.3 Å². The Bertz CT molecular complexity index is 341. The summed E-state index contributed by atoms with van der Waals surface area (Å²) in [5, 5.41) is 0. The third-order valence-electron chi connectivity index (χ3n) is 1.27. The van der Waals surface area contributed by atoms with Crippen LogP contribution in [0.3, 0.4) is 0 Å². The third-order valence-corrected chi connectivity index (χ3v) is 1.27. The van der Waals surface area contributed by atoms with E-state index >= 15 is 0 Å². The van der Waals surface area contributed by atoms with Crippen molar-refractivity contribution in [3.05, 3.63) is 35.4 Å². The van der Waals surface area contributed by atoms with Crippen LogP contribution in [0, 0.1) is 6.57 Å². The zero-order valence-corrected chi connectivity index (χ0v) is 6.44. The van der Waals surface area contributed by atoms with Gasteiger partial charge in [0, 0.05) is 6.20 Å². The molecular weight excluding hydrogens is 156 g/mol. The first kappa shape index (κ1) is 8.21. The largest absolute Gasteiger partial charge is 0.464 e. The average molecular weight is 162 g/mol. The summed E-state index contributed by atoms with van der Waals surface area (Å²) in [5.74, 6) is -0.527. The lowest BCUT2D eigenvalue weighted by Gasteiger charge is -1.96. The Morgan fingerprint density at radius 2 is 2.50 bits per heavy atom. The molecule has 0 saturated carbocycles. The van der Waals surface area contributed by atoms with E-state index in [4.69, 9.17) is 6.57 Å². The lowest BCUT2D eigenvalue weighted by Crippen LogP contribution is -2.02. The van der Waals surface area contributed by atoms with Crippen molar-refractivity contribution in [1.29, 1.82) is 0 Å². The molecule has 12 heavy (non-hydrogen) atoms. The molecule has 0 saturated heterocycles. The molecule has 0 aromatic carbocycles. The molecule has 4 heteroatoms. The van der Waals surface area contributed by atoms with Gasteiger partial charge in [-0.05, 0) is 12.1 Å². The fourth-order valence-electron chi connectivity index (χ4n) is 0.705. The first-order valence-electron chi connectivity index (χ1n) is 3.19. The highest BCUT2D eigenvalue weighted by Crippen LogP contribution is 2.11. The topological polar surface area (TPSA) is 43.5 Å². The van der Waals surface area contributed by atoms with Crippen molar-refractivity contribution in [3.63, 3.8) is 0 Å². The van der Waals surface area contributed by atoms with Crippen molar-refractivity contribution in [2.45, 2.75) is 0 Å². The van der Waals surface area contributed by atoms with Gasteiger partial charge in [-0.15, -0.1) is 0 Å². The molecule has 60 valence electrons. The third kappa shape index (κ3) is 1.58. The quantitative estimate of drug-likeness (QED) is 0.463. The van der Waals surface area contributed by atoms with Gasteiger partial charge in [0.15, 0.2) is 5.69 Å². The Labute approximate surface area is 69.6 Å². The van der Waals surface area contributed by atoms with Gasteiger partial charge in [-0.2, -0.15) is 0 Å². The summed E-state index contributed by atoms with van der Waals surface area (Å²) in [6.07, 6.45) is 1.40. The zero-order valence-electron chi connectivity index (χ0n) is 6.44. The van der Waals surface area contributed by atoms with Crippen molar-refractivity contribution >= 4 is 11.7 Å². The van der Waals surface area contributed by atoms with Crippen LogP contribution in [-0.4, -0.2) is 18.1 Å². The molecular formula is C8H6N2O2. The van der Waals surface area contributed by atoms with E-state index in [-0.39, 0.29) is 5.69 Å². The highest BCUT2D eigenvalue weighted by atomic mass is 16.5. The number of ether oxygens (including phenoxy) is 1. The first-order valence-corrected chi connectivity index (χ1v) is 3.19. The molecule has 0 radical (unpaired) electrons. The molecule has 1 heterocycles. The van der Waals surface area contributed by atoms with E-state index in [0.29, 0.717) is 5.69 Å². The van der Waals surface area contributed by atoms with Crippen molar-refractivity contribution in [2.24, 2.45) is 0 Å². The molecule has 0 spiro atoms. The van der Waals surface area contributed by atoms with Crippen LogP contribution >= 0.6 is 0 Å². The van der Waals surface area contributed by atoms with Crippen LogP contribution in [-0.2, 0) is 4.74 Å². The highest BCUT2D eigenvalue weighted by molar-refractivity contribution is 5.88. The maximum Gasteiger partial charge on any atom is 0.355 e. The molecule has 4 nitrogen and oxygen atoms in total. The number of hydrogen-bond acceptors (Lipinski definition) is 3. The van der Waals surface area contributed by atoms with Crippen LogP contribution in [0.2, 0.25) is 0 Å². The van der Waals surface area contributed by atoms with Crippen molar-refractivity contribution in [3.8, 4) is 0 Å². The minimum Gasteiger partial charge on any atom is -0.464 e. The van der Waals surface area contributed by atoms with E-state index in [1.165, 1.54) is 25.4 Å². The van der Waals surface area contributed by atoms with Crippen LogP contribution < -0.4 is 0 Å². The van der Waals surface area contributed by atoms with Crippen LogP contribution in [0.5, 0.6) is 0 Å². The van der Waals surface area contributed by atoms with Crippen LogP contribution in [0.25, 0.3) is 4.85 Å². The Hall–Kier alpha value is -1.89. The molecule has 0 aliphatic heterocycles. The number of methoxy groups -OCH3 is 1. The summed E-state index contributed by atoms with van der Waals surface area (Å²) >= 11 is 0. The molecule has 0 fully saturated rings. The molecule has 0 aliphatic rings. The van der Waals surface area contributed by atoms with E-state index in [1.54, 1.807) is 0 Å². The minimum atomic E-state index is -0.527. The fraction of sp³-hybridized carbons (Fsp3) is 0.125. The second kappa shape index (κ2) is 3.49. The maximum atomic E-state index is 10.9. The SMILES string of the molecule is [C-]#[N+]c1ccnc(C(=O)OC)c1. The number of hydrogen-bond donors (Lipinski definition) is 0. The predicted octanol–water partition coefficient (Wildman–Crippen LogP) is 1.42. The first-order chi connectivity index (χ1) is 5.77. The Kier molecular flexibility index (Phi) is 2.38. The number of aromatic nitrogens is 1. The van der Waals surface area contributed by atoms with Gasteiger partial charge in [-0.3, -0.25) is 4.98 Å². The van der Waals surface area contributed by atoms with Gasteiger partial charge in [0.2, 0.25) is 0 Å². The number of esters is 1. The monoisotopic (exact) mass is 162 g/mol. The summed E-state index contributed by atoms with van der Waals surface area (Å²) in [5.41, 5.74) is 0.538. The second-order valence-electron chi connectivity index (χ2n) is 2.00. The van der Waals surface area contributed by atoms with Crippen molar-refractivity contribution < 1.29 is 9.53 Å². The molecule has 0 bridgehead atoms. The maximum absolute atomic E-state index is 10.9. The smallest absolute Gasteiger partial charge is 0.355 e. The normalized spacial score (nSPS) is 8.67. The molecule has 0 aliphatic carbocycles. The molecule has 1 rings (SSSR count). The second-order valence-corrected chi connectivity index (χ2v) is 2.00. The van der Waals surface area contributed by atoms with E-state index in [1.807, 2.05) is 0 Å². The number of rotatable bonds is 1. The number of nitrogens with zero attached hydrogens (tertiary/aromatic N) is 2. The predicted molar refractivity (Wildman–Crippen MR) is 41.8 cm³/mol. The van der Waals surface area contributed by atoms with Gasteiger partial charge >= 0.3 is 5.97 Å². The van der Waals surface area contributed by atoms with Crippen LogP contribution in [0.1, 0.15) is 10.5 Å². The van der Waals surface area contributed by atoms with Gasteiger partial charge in [0.05, 0.1) is 13.7 Å². The van der Waals surface area contributed by atoms with Gasteiger partial charge < -0.3 is 4.74 Å². The summed E-state index contributed by atoms with van der Waals surface area (Å²) in [4.78, 5) is 17.8. The summed E-state index contributed by atoms with van der Waals surface area (Å²) in [7, 11) is 1.27. The molecule has 1 aromatic rings. The lowest BCUT2D eigenvalue weighted by molar-refractivity contribution is 0.0594. The molecule has 1 aromatic heterocycles. The van der Waals surface area contributed by atoms with Crippen molar-refractivity contribution in [2.75, 3.05) is 7.11 Å². The average Bonchev–Trinajstić information content (AvgIpc) is 2.17. The van der Waals surface area contributed by atoms with Gasteiger partial charge in [-0.25, -0.2) is 9.64 Å². The van der Waals surface area contributed by atoms with E-state index in [0.717, 1.165) is 0 Å². The molecule has 0 atom stereocenters. The summed E-state index contributed by atoms with van der Waals surface area (Å²) in [6.45, 7) is 6.68. The minimum absolute atomic E-state index is 0.158. The standard InChI is InChI=1S/C8H6N2O2/c1-9-6-3-4-10-7(5-6)8(11)12-2/h3-5H,2H3. The van der Waals surface area contributed by atoms with Gasteiger partial charge in [-0.1, -0.05) is 0 Å². The zero-order chi connectivity index (χ0) is 8.97. The van der Waals surface area contributed by atoms with E-state index in [2.05, 4.69) is 14.6 Å². The van der Waals surface area contributed by atoms with Crippen molar-refractivity contribution in [1.82, 2.24) is 4.98 Å². The fourth-order valence-corrected chi connectivity index (χ4v) is 0.705. The van der Waals surface area contributed by atoms with E-state index < -0.39 is 5.97 Å². The highest BCUT2D eigenvalue weighted by Gasteiger charge is 2.06. The summed E-state index contributed by atoms with van der Waals surface area (Å²) in [6, 6.07) is 2.91. The van der Waals surface area contributed by atoms with Crippen LogP contribution in [0.4, 0.5) is 5.69 Å². The van der Waals surface area contributed by atoms with Gasteiger partial charge in [0.25, 0.3) is 0 Å². The van der Waals surface area contributed by atoms with E-state index in [9.17, 15) is 4.79 Å². The van der Waals surface area contributed by atoms with Gasteiger partial charge in [0.1, 0.15) is 5.69 Å². The Morgan fingerprint density at radius 3 is 3.08 bits per heavy atom. The summed E-state index contributed by atoms with van der Waals surface area (Å²) < 4.78 is 4.43. The number of pyridine rings is 1.